The number of aromatic amines is 1. The third-order valence-corrected chi connectivity index (χ3v) is 5.25. The lowest BCUT2D eigenvalue weighted by molar-refractivity contribution is 0.0980. The second-order valence-corrected chi connectivity index (χ2v) is 7.26. The molecule has 4 rings (SSSR count). The highest BCUT2D eigenvalue weighted by molar-refractivity contribution is 5.95. The Bertz CT molecular complexity index is 1220. The molecule has 0 fully saturated rings. The summed E-state index contributed by atoms with van der Waals surface area (Å²) in [6.45, 7) is 3.82. The number of nitrogens with one attached hydrogen (secondary N) is 1. The minimum Gasteiger partial charge on any atom is -0.294 e. The van der Waals surface area contributed by atoms with Gasteiger partial charge in [-0.05, 0) is 32.3 Å². The van der Waals surface area contributed by atoms with Crippen LogP contribution in [0.3, 0.4) is 0 Å². The minimum absolute atomic E-state index is 0.0926. The van der Waals surface area contributed by atoms with Crippen LogP contribution in [0.15, 0.2) is 65.5 Å². The average molecular weight is 385 g/mol. The molecule has 2 aromatic heterocycles. The highest BCUT2D eigenvalue weighted by Crippen LogP contribution is 2.26. The Balaban J connectivity index is 1.62. The molecule has 4 aromatic rings. The van der Waals surface area contributed by atoms with Crippen LogP contribution in [-0.2, 0) is 6.42 Å². The lowest BCUT2D eigenvalue weighted by atomic mass is 10.0. The highest BCUT2D eigenvalue weighted by atomic mass is 16.1. The molecule has 0 aliphatic heterocycles. The van der Waals surface area contributed by atoms with Crippen LogP contribution in [0.5, 0.6) is 0 Å². The zero-order chi connectivity index (χ0) is 20.4. The van der Waals surface area contributed by atoms with E-state index in [4.69, 9.17) is 4.98 Å². The molecule has 0 atom stereocenters. The number of Topliss-reactive ketones (excluding diaryl/α,β-unsaturated/α-hetero) is 1. The van der Waals surface area contributed by atoms with E-state index >= 15 is 0 Å². The number of rotatable bonds is 6. The molecule has 0 bridgehead atoms. The van der Waals surface area contributed by atoms with Gasteiger partial charge in [0, 0.05) is 34.5 Å². The first-order chi connectivity index (χ1) is 14.1. The number of H-pyrrole nitrogens is 1. The van der Waals surface area contributed by atoms with Crippen molar-refractivity contribution in [3.8, 4) is 11.1 Å². The second kappa shape index (κ2) is 7.87. The molecule has 5 heteroatoms. The number of carbonyl (C=O) groups is 1. The minimum atomic E-state index is -0.0926. The first kappa shape index (κ1) is 18.9. The van der Waals surface area contributed by atoms with Gasteiger partial charge >= 0.3 is 0 Å². The van der Waals surface area contributed by atoms with Crippen LogP contribution in [0.1, 0.15) is 40.2 Å². The van der Waals surface area contributed by atoms with E-state index in [0.717, 1.165) is 22.5 Å². The van der Waals surface area contributed by atoms with Gasteiger partial charge in [-0.25, -0.2) is 9.50 Å². The quantitative estimate of drug-likeness (QED) is 0.497. The van der Waals surface area contributed by atoms with Crippen LogP contribution in [0.2, 0.25) is 0 Å². The van der Waals surface area contributed by atoms with Crippen LogP contribution in [-0.4, -0.2) is 20.4 Å². The van der Waals surface area contributed by atoms with E-state index in [2.05, 4.69) is 5.10 Å². The number of benzene rings is 2. The van der Waals surface area contributed by atoms with Gasteiger partial charge in [0.25, 0.3) is 5.56 Å². The lowest BCUT2D eigenvalue weighted by Gasteiger charge is -2.07. The number of ketones is 1. The fraction of sp³-hybridized carbons (Fsp3) is 0.208. The van der Waals surface area contributed by atoms with Crippen molar-refractivity contribution < 1.29 is 4.79 Å². The van der Waals surface area contributed by atoms with Gasteiger partial charge in [0.2, 0.25) is 0 Å². The first-order valence-electron chi connectivity index (χ1n) is 9.80. The van der Waals surface area contributed by atoms with Crippen molar-refractivity contribution in [1.29, 1.82) is 0 Å². The van der Waals surface area contributed by atoms with Gasteiger partial charge in [0.1, 0.15) is 0 Å². The van der Waals surface area contributed by atoms with Crippen molar-refractivity contribution in [2.45, 2.75) is 33.1 Å². The first-order valence-corrected chi connectivity index (χ1v) is 9.80. The molecule has 146 valence electrons. The molecule has 0 aliphatic rings. The third kappa shape index (κ3) is 3.63. The van der Waals surface area contributed by atoms with Crippen LogP contribution < -0.4 is 5.56 Å². The summed E-state index contributed by atoms with van der Waals surface area (Å²) in [4.78, 5) is 30.2. The van der Waals surface area contributed by atoms with Crippen molar-refractivity contribution in [2.24, 2.45) is 0 Å². The van der Waals surface area contributed by atoms with Crippen molar-refractivity contribution in [3.05, 3.63) is 93.5 Å². The van der Waals surface area contributed by atoms with Gasteiger partial charge in [0.15, 0.2) is 11.4 Å². The fourth-order valence-electron chi connectivity index (χ4n) is 3.76. The predicted octanol–water partition coefficient (Wildman–Crippen LogP) is 4.51. The topological polar surface area (TPSA) is 67.2 Å². The summed E-state index contributed by atoms with van der Waals surface area (Å²) in [6, 6.07) is 19.2. The maximum absolute atomic E-state index is 13.1. The molecule has 1 N–H and O–H groups in total. The van der Waals surface area contributed by atoms with E-state index < -0.39 is 0 Å². The molecule has 2 heterocycles. The van der Waals surface area contributed by atoms with Crippen molar-refractivity contribution >= 4 is 11.4 Å². The molecule has 0 saturated heterocycles. The van der Waals surface area contributed by atoms with Gasteiger partial charge in [-0.3, -0.25) is 14.7 Å². The summed E-state index contributed by atoms with van der Waals surface area (Å²) in [5, 5.41) is 3.16. The van der Waals surface area contributed by atoms with Crippen LogP contribution in [0.25, 0.3) is 16.8 Å². The third-order valence-electron chi connectivity index (χ3n) is 5.25. The van der Waals surface area contributed by atoms with Crippen molar-refractivity contribution in [2.75, 3.05) is 0 Å². The molecule has 0 amide bonds. The smallest absolute Gasteiger partial charge is 0.276 e. The van der Waals surface area contributed by atoms with Gasteiger partial charge < -0.3 is 0 Å². The molecular weight excluding hydrogens is 362 g/mol. The molecular formula is C24H23N3O2. The number of fused-ring (bicyclic) bond motifs is 1. The molecule has 5 nitrogen and oxygen atoms in total. The molecule has 0 spiro atoms. The predicted molar refractivity (Wildman–Crippen MR) is 114 cm³/mol. The highest BCUT2D eigenvalue weighted by Gasteiger charge is 2.17. The molecule has 0 unspecified atom stereocenters. The van der Waals surface area contributed by atoms with Gasteiger partial charge in [-0.15, -0.1) is 0 Å². The number of aryl methyl sites for hydroxylation is 2. The number of hydrogen-bond acceptors (Lipinski definition) is 3. The second-order valence-electron chi connectivity index (χ2n) is 7.26. The van der Waals surface area contributed by atoms with Gasteiger partial charge in [0.05, 0.1) is 0 Å². The Morgan fingerprint density at radius 2 is 1.66 bits per heavy atom. The summed E-state index contributed by atoms with van der Waals surface area (Å²) in [6.07, 6.45) is 1.55. The molecule has 2 aromatic carbocycles. The van der Waals surface area contributed by atoms with E-state index in [9.17, 15) is 9.59 Å². The number of carbonyl (C=O) groups excluding carboxylic acids is 1. The molecule has 29 heavy (non-hydrogen) atoms. The van der Waals surface area contributed by atoms with E-state index in [1.54, 1.807) is 0 Å². The van der Waals surface area contributed by atoms with Crippen LogP contribution >= 0.6 is 0 Å². The Morgan fingerprint density at radius 1 is 1.00 bits per heavy atom. The average Bonchev–Trinajstić information content (AvgIpc) is 3.07. The van der Waals surface area contributed by atoms with Crippen LogP contribution in [0, 0.1) is 13.8 Å². The number of nitrogens with zero attached hydrogens (tertiary/aromatic N) is 2. The SMILES string of the molecule is Cc1nc2c(-c3ccccc3)c(C)[nH]n2c(=O)c1CCCC(=O)c1ccccc1. The van der Waals surface area contributed by atoms with E-state index in [-0.39, 0.29) is 11.3 Å². The maximum atomic E-state index is 13.1. The van der Waals surface area contributed by atoms with E-state index in [1.165, 1.54) is 4.52 Å². The monoisotopic (exact) mass is 385 g/mol. The van der Waals surface area contributed by atoms with Gasteiger partial charge in [-0.2, -0.15) is 0 Å². The normalized spacial score (nSPS) is 11.1. The molecule has 0 saturated carbocycles. The van der Waals surface area contributed by atoms with Crippen LogP contribution in [0.4, 0.5) is 0 Å². The standard InChI is InChI=1S/C24H23N3O2/c1-16-20(14-9-15-21(28)18-10-5-3-6-11-18)24(29)27-23(25-16)22(17(2)26-27)19-12-7-4-8-13-19/h3-8,10-13,26H,9,14-15H2,1-2H3. The Labute approximate surface area is 169 Å². The lowest BCUT2D eigenvalue weighted by Crippen LogP contribution is -2.22. The largest absolute Gasteiger partial charge is 0.294 e. The zero-order valence-electron chi connectivity index (χ0n) is 16.6. The Kier molecular flexibility index (Phi) is 5.12. The zero-order valence-corrected chi connectivity index (χ0v) is 16.6. The molecule has 0 aliphatic carbocycles. The summed E-state index contributed by atoms with van der Waals surface area (Å²) >= 11 is 0. The fourth-order valence-corrected chi connectivity index (χ4v) is 3.76. The van der Waals surface area contributed by atoms with E-state index in [0.29, 0.717) is 36.0 Å². The molecule has 0 radical (unpaired) electrons. The number of hydrogen-bond donors (Lipinski definition) is 1. The summed E-state index contributed by atoms with van der Waals surface area (Å²) in [5.41, 5.74) is 5.50. The van der Waals surface area contributed by atoms with Crippen molar-refractivity contribution in [1.82, 2.24) is 14.6 Å². The van der Waals surface area contributed by atoms with Crippen molar-refractivity contribution in [3.63, 3.8) is 0 Å². The Hall–Kier alpha value is -3.47. The maximum Gasteiger partial charge on any atom is 0.276 e. The Morgan fingerprint density at radius 3 is 2.34 bits per heavy atom. The summed E-state index contributed by atoms with van der Waals surface area (Å²) in [5.74, 6) is 0.0967. The summed E-state index contributed by atoms with van der Waals surface area (Å²) < 4.78 is 1.53. The summed E-state index contributed by atoms with van der Waals surface area (Å²) in [7, 11) is 0. The van der Waals surface area contributed by atoms with Gasteiger partial charge in [-0.1, -0.05) is 60.7 Å². The number of aromatic nitrogens is 3. The van der Waals surface area contributed by atoms with E-state index in [1.807, 2.05) is 74.5 Å².